The third-order valence-corrected chi connectivity index (χ3v) is 5.09. The van der Waals surface area contributed by atoms with E-state index in [-0.39, 0.29) is 5.82 Å². The molecule has 1 aromatic heterocycles. The SMILES string of the molecule is NC1=NC2(CCNCC2)N(CCc2ccccn2)c2cccc(F)c21. The highest BCUT2D eigenvalue weighted by Gasteiger charge is 2.42. The van der Waals surface area contributed by atoms with Gasteiger partial charge in [-0.3, -0.25) is 4.98 Å². The smallest absolute Gasteiger partial charge is 0.136 e. The zero-order valence-corrected chi connectivity index (χ0v) is 14.1. The number of rotatable bonds is 3. The van der Waals surface area contributed by atoms with Crippen LogP contribution >= 0.6 is 0 Å². The molecule has 2 aliphatic rings. The first-order valence-corrected chi connectivity index (χ1v) is 8.72. The molecule has 25 heavy (non-hydrogen) atoms. The van der Waals surface area contributed by atoms with Crippen LogP contribution in [0.5, 0.6) is 0 Å². The Morgan fingerprint density at radius 1 is 1.16 bits per heavy atom. The molecule has 4 rings (SSSR count). The minimum atomic E-state index is -0.398. The van der Waals surface area contributed by atoms with Crippen LogP contribution in [0.25, 0.3) is 0 Å². The van der Waals surface area contributed by atoms with Crippen LogP contribution in [-0.4, -0.2) is 36.1 Å². The Morgan fingerprint density at radius 3 is 2.76 bits per heavy atom. The Bertz CT molecular complexity index is 784. The minimum absolute atomic E-state index is 0.309. The van der Waals surface area contributed by atoms with Gasteiger partial charge in [-0.2, -0.15) is 0 Å². The Balaban J connectivity index is 1.73. The lowest BCUT2D eigenvalue weighted by Gasteiger charge is -2.48. The number of amidine groups is 1. The van der Waals surface area contributed by atoms with Crippen molar-refractivity contribution in [2.75, 3.05) is 24.5 Å². The van der Waals surface area contributed by atoms with Gasteiger partial charge in [-0.25, -0.2) is 9.38 Å². The van der Waals surface area contributed by atoms with Gasteiger partial charge in [0.05, 0.1) is 11.3 Å². The highest BCUT2D eigenvalue weighted by atomic mass is 19.1. The van der Waals surface area contributed by atoms with Crippen LogP contribution in [0.2, 0.25) is 0 Å². The average Bonchev–Trinajstić information content (AvgIpc) is 2.63. The van der Waals surface area contributed by atoms with Gasteiger partial charge < -0.3 is 16.0 Å². The number of benzene rings is 1. The Kier molecular flexibility index (Phi) is 4.13. The van der Waals surface area contributed by atoms with E-state index in [1.807, 2.05) is 24.3 Å². The molecule has 0 amide bonds. The third kappa shape index (κ3) is 2.87. The molecule has 1 spiro atoms. The van der Waals surface area contributed by atoms with Gasteiger partial charge in [-0.1, -0.05) is 12.1 Å². The van der Waals surface area contributed by atoms with Gasteiger partial charge in [-0.05, 0) is 37.4 Å². The van der Waals surface area contributed by atoms with Crippen LogP contribution in [0.1, 0.15) is 24.1 Å². The van der Waals surface area contributed by atoms with Crippen molar-refractivity contribution in [3.05, 3.63) is 59.7 Å². The molecule has 0 saturated carbocycles. The van der Waals surface area contributed by atoms with Crippen LogP contribution in [-0.2, 0) is 6.42 Å². The van der Waals surface area contributed by atoms with Crippen molar-refractivity contribution in [1.82, 2.24) is 10.3 Å². The van der Waals surface area contributed by atoms with Crippen molar-refractivity contribution in [3.8, 4) is 0 Å². The molecule has 3 heterocycles. The standard InChI is InChI=1S/C19H22FN5/c20-15-5-3-6-16-17(15)18(21)24-19(8-11-22-12-9-19)25(16)13-7-14-4-1-2-10-23-14/h1-6,10,22H,7-9,11-13H2,(H2,21,24). The number of aromatic nitrogens is 1. The van der Waals surface area contributed by atoms with Crippen LogP contribution in [0.15, 0.2) is 47.6 Å². The fourth-order valence-electron chi connectivity index (χ4n) is 3.87. The summed E-state index contributed by atoms with van der Waals surface area (Å²) in [5.41, 5.74) is 8.06. The van der Waals surface area contributed by atoms with E-state index in [2.05, 4.69) is 15.2 Å². The number of hydrogen-bond acceptors (Lipinski definition) is 5. The number of nitrogens with zero attached hydrogens (tertiary/aromatic N) is 3. The Labute approximate surface area is 146 Å². The molecule has 6 heteroatoms. The monoisotopic (exact) mass is 339 g/mol. The van der Waals surface area contributed by atoms with E-state index in [0.29, 0.717) is 11.4 Å². The molecule has 2 aliphatic heterocycles. The molecule has 0 atom stereocenters. The number of nitrogens with two attached hydrogens (primary N) is 1. The van der Waals surface area contributed by atoms with Crippen molar-refractivity contribution in [3.63, 3.8) is 0 Å². The van der Waals surface area contributed by atoms with Gasteiger partial charge in [0.2, 0.25) is 0 Å². The maximum Gasteiger partial charge on any atom is 0.136 e. The van der Waals surface area contributed by atoms with E-state index >= 15 is 0 Å². The summed E-state index contributed by atoms with van der Waals surface area (Å²) in [6.45, 7) is 2.48. The fraction of sp³-hybridized carbons (Fsp3) is 0.368. The molecule has 0 aliphatic carbocycles. The first-order valence-electron chi connectivity index (χ1n) is 8.72. The second kappa shape index (κ2) is 6.44. The number of aliphatic imine (C=N–C) groups is 1. The van der Waals surface area contributed by atoms with Crippen molar-refractivity contribution in [2.45, 2.75) is 24.9 Å². The lowest BCUT2D eigenvalue weighted by molar-refractivity contribution is 0.295. The molecule has 2 aromatic rings. The zero-order valence-electron chi connectivity index (χ0n) is 14.1. The van der Waals surface area contributed by atoms with Crippen molar-refractivity contribution < 1.29 is 4.39 Å². The van der Waals surface area contributed by atoms with Crippen LogP contribution in [0, 0.1) is 5.82 Å². The molecule has 3 N–H and O–H groups in total. The molecular weight excluding hydrogens is 317 g/mol. The number of hydrogen-bond donors (Lipinski definition) is 2. The quantitative estimate of drug-likeness (QED) is 0.898. The van der Waals surface area contributed by atoms with Gasteiger partial charge in [0, 0.05) is 37.7 Å². The molecule has 1 aromatic carbocycles. The third-order valence-electron chi connectivity index (χ3n) is 5.09. The summed E-state index contributed by atoms with van der Waals surface area (Å²) in [6.07, 6.45) is 4.29. The van der Waals surface area contributed by atoms with Crippen LogP contribution in [0.4, 0.5) is 10.1 Å². The average molecular weight is 339 g/mol. The molecule has 1 saturated heterocycles. The Morgan fingerprint density at radius 2 is 2.00 bits per heavy atom. The van der Waals surface area contributed by atoms with E-state index in [0.717, 1.165) is 50.3 Å². The summed E-state index contributed by atoms with van der Waals surface area (Å²) in [6, 6.07) is 11.1. The predicted molar refractivity (Wildman–Crippen MR) is 97.2 cm³/mol. The molecule has 1 fully saturated rings. The second-order valence-electron chi connectivity index (χ2n) is 6.59. The first-order chi connectivity index (χ1) is 12.2. The summed E-state index contributed by atoms with van der Waals surface area (Å²) in [5, 5.41) is 3.38. The number of nitrogens with one attached hydrogen (secondary N) is 1. The predicted octanol–water partition coefficient (Wildman–Crippen LogP) is 2.07. The highest BCUT2D eigenvalue weighted by molar-refractivity contribution is 6.04. The molecule has 0 unspecified atom stereocenters. The minimum Gasteiger partial charge on any atom is -0.383 e. The molecular formula is C19H22FN5. The molecule has 5 nitrogen and oxygen atoms in total. The maximum atomic E-state index is 14.4. The van der Waals surface area contributed by atoms with Crippen LogP contribution < -0.4 is 16.0 Å². The van der Waals surface area contributed by atoms with Crippen molar-refractivity contribution >= 4 is 11.5 Å². The van der Waals surface area contributed by atoms with E-state index in [4.69, 9.17) is 10.7 Å². The topological polar surface area (TPSA) is 66.5 Å². The lowest BCUT2D eigenvalue weighted by Crippen LogP contribution is -2.57. The van der Waals surface area contributed by atoms with E-state index in [1.54, 1.807) is 12.3 Å². The number of anilines is 1. The van der Waals surface area contributed by atoms with E-state index < -0.39 is 5.66 Å². The zero-order chi connectivity index (χ0) is 17.3. The van der Waals surface area contributed by atoms with Gasteiger partial charge in [0.1, 0.15) is 17.3 Å². The maximum absolute atomic E-state index is 14.4. The first kappa shape index (κ1) is 16.0. The fourth-order valence-corrected chi connectivity index (χ4v) is 3.87. The summed E-state index contributed by atoms with van der Waals surface area (Å²) < 4.78 is 14.4. The largest absolute Gasteiger partial charge is 0.383 e. The van der Waals surface area contributed by atoms with Crippen molar-refractivity contribution in [2.24, 2.45) is 10.7 Å². The normalized spacial score (nSPS) is 18.8. The number of piperidine rings is 1. The number of halogens is 1. The van der Waals surface area contributed by atoms with Gasteiger partial charge in [-0.15, -0.1) is 0 Å². The molecule has 0 bridgehead atoms. The number of fused-ring (bicyclic) bond motifs is 1. The second-order valence-corrected chi connectivity index (χ2v) is 6.59. The summed E-state index contributed by atoms with van der Waals surface area (Å²) in [5.74, 6) is -0.00513. The summed E-state index contributed by atoms with van der Waals surface area (Å²) in [4.78, 5) is 11.4. The van der Waals surface area contributed by atoms with Gasteiger partial charge in [0.15, 0.2) is 0 Å². The number of pyridine rings is 1. The summed E-state index contributed by atoms with van der Waals surface area (Å²) >= 11 is 0. The van der Waals surface area contributed by atoms with Crippen molar-refractivity contribution in [1.29, 1.82) is 0 Å². The highest BCUT2D eigenvalue weighted by Crippen LogP contribution is 2.39. The lowest BCUT2D eigenvalue weighted by atomic mass is 9.91. The molecule has 0 radical (unpaired) electrons. The van der Waals surface area contributed by atoms with E-state index in [9.17, 15) is 4.39 Å². The molecule has 130 valence electrons. The van der Waals surface area contributed by atoms with Gasteiger partial charge >= 0.3 is 0 Å². The van der Waals surface area contributed by atoms with Gasteiger partial charge in [0.25, 0.3) is 0 Å². The summed E-state index contributed by atoms with van der Waals surface area (Å²) in [7, 11) is 0. The van der Waals surface area contributed by atoms with E-state index in [1.165, 1.54) is 6.07 Å². The van der Waals surface area contributed by atoms with Crippen LogP contribution in [0.3, 0.4) is 0 Å². The Hall–Kier alpha value is -2.47.